The van der Waals surface area contributed by atoms with Crippen LogP contribution in [0.5, 0.6) is 11.5 Å². The second-order valence-electron chi connectivity index (χ2n) is 3.70. The van der Waals surface area contributed by atoms with Crippen molar-refractivity contribution in [2.45, 2.75) is 0 Å². The molecule has 1 saturated heterocycles. The lowest BCUT2D eigenvalue weighted by Gasteiger charge is -2.02. The topological polar surface area (TPSA) is 59.6 Å². The number of amides is 1. The molecule has 0 bridgehead atoms. The number of halogens is 1. The Bertz CT molecular complexity index is 600. The Balaban J connectivity index is 1.99. The first-order valence-electron chi connectivity index (χ1n) is 5.06. The Kier molecular flexibility index (Phi) is 2.61. The van der Waals surface area contributed by atoms with Crippen molar-refractivity contribution in [2.75, 3.05) is 6.79 Å². The zero-order valence-electron chi connectivity index (χ0n) is 8.95. The van der Waals surface area contributed by atoms with Gasteiger partial charge in [0.15, 0.2) is 16.6 Å². The molecular weight excluding hydrogens is 276 g/mol. The number of benzene rings is 1. The summed E-state index contributed by atoms with van der Waals surface area (Å²) >= 11 is 10.9. The first-order valence-corrected chi connectivity index (χ1v) is 5.85. The number of ether oxygens (including phenoxy) is 2. The average Bonchev–Trinajstić information content (AvgIpc) is 2.86. The summed E-state index contributed by atoms with van der Waals surface area (Å²) in [6.45, 7) is 0.151. The van der Waals surface area contributed by atoms with E-state index in [4.69, 9.17) is 33.3 Å². The molecule has 2 N–H and O–H groups in total. The molecule has 0 aliphatic carbocycles. The van der Waals surface area contributed by atoms with Crippen LogP contribution >= 0.6 is 23.8 Å². The van der Waals surface area contributed by atoms with Crippen LogP contribution in [0.4, 0.5) is 0 Å². The average molecular weight is 283 g/mol. The van der Waals surface area contributed by atoms with Crippen LogP contribution in [0.25, 0.3) is 6.08 Å². The molecule has 1 aromatic carbocycles. The molecule has 0 aromatic heterocycles. The van der Waals surface area contributed by atoms with E-state index in [1.807, 2.05) is 0 Å². The van der Waals surface area contributed by atoms with Crippen LogP contribution < -0.4 is 20.1 Å². The molecule has 3 rings (SSSR count). The van der Waals surface area contributed by atoms with E-state index in [1.165, 1.54) is 0 Å². The zero-order chi connectivity index (χ0) is 12.7. The normalized spacial score (nSPS) is 19.1. The van der Waals surface area contributed by atoms with Crippen LogP contribution in [0.1, 0.15) is 5.56 Å². The van der Waals surface area contributed by atoms with Crippen LogP contribution in [0.3, 0.4) is 0 Å². The number of hydrogen-bond acceptors (Lipinski definition) is 4. The molecule has 92 valence electrons. The fourth-order valence-electron chi connectivity index (χ4n) is 1.72. The number of fused-ring (bicyclic) bond motifs is 1. The zero-order valence-corrected chi connectivity index (χ0v) is 10.5. The standard InChI is InChI=1S/C11H7ClN2O3S/c12-6-1-5(3-8-9(6)17-4-16-8)2-7-10(15)14-11(18)13-7/h1-3H,4H2,(H2,13,14,15,18)/b7-2-. The van der Waals surface area contributed by atoms with E-state index < -0.39 is 0 Å². The SMILES string of the molecule is O=C1NC(=S)N/C1=C\c1cc(Cl)c2c(c1)OCO2. The van der Waals surface area contributed by atoms with Crippen LogP contribution in [-0.2, 0) is 4.79 Å². The highest BCUT2D eigenvalue weighted by molar-refractivity contribution is 7.80. The van der Waals surface area contributed by atoms with Crippen molar-refractivity contribution >= 4 is 40.9 Å². The van der Waals surface area contributed by atoms with Gasteiger partial charge in [-0.15, -0.1) is 0 Å². The minimum absolute atomic E-state index is 0.151. The summed E-state index contributed by atoms with van der Waals surface area (Å²) in [5, 5.41) is 5.97. The van der Waals surface area contributed by atoms with Crippen molar-refractivity contribution in [3.8, 4) is 11.5 Å². The van der Waals surface area contributed by atoms with Crippen molar-refractivity contribution in [2.24, 2.45) is 0 Å². The lowest BCUT2D eigenvalue weighted by molar-refractivity contribution is -0.115. The van der Waals surface area contributed by atoms with E-state index in [2.05, 4.69) is 10.6 Å². The van der Waals surface area contributed by atoms with Crippen molar-refractivity contribution in [3.05, 3.63) is 28.4 Å². The van der Waals surface area contributed by atoms with Gasteiger partial charge in [0.2, 0.25) is 6.79 Å². The molecule has 0 radical (unpaired) electrons. The smallest absolute Gasteiger partial charge is 0.273 e. The quantitative estimate of drug-likeness (QED) is 0.602. The summed E-state index contributed by atoms with van der Waals surface area (Å²) < 4.78 is 10.5. The highest BCUT2D eigenvalue weighted by Gasteiger charge is 2.22. The van der Waals surface area contributed by atoms with Crippen molar-refractivity contribution in [3.63, 3.8) is 0 Å². The van der Waals surface area contributed by atoms with E-state index in [9.17, 15) is 4.79 Å². The van der Waals surface area contributed by atoms with E-state index in [-0.39, 0.29) is 17.8 Å². The Labute approximate surface area is 113 Å². The van der Waals surface area contributed by atoms with E-state index >= 15 is 0 Å². The second kappa shape index (κ2) is 4.15. The molecule has 5 nitrogen and oxygen atoms in total. The third-order valence-corrected chi connectivity index (χ3v) is 2.97. The van der Waals surface area contributed by atoms with E-state index in [0.717, 1.165) is 5.56 Å². The lowest BCUT2D eigenvalue weighted by atomic mass is 10.1. The summed E-state index contributed by atoms with van der Waals surface area (Å²) in [5.41, 5.74) is 1.10. The van der Waals surface area contributed by atoms with Crippen LogP contribution in [0.2, 0.25) is 5.02 Å². The maximum absolute atomic E-state index is 11.5. The van der Waals surface area contributed by atoms with Gasteiger partial charge in [0, 0.05) is 0 Å². The first kappa shape index (κ1) is 11.3. The summed E-state index contributed by atoms with van der Waals surface area (Å²) in [4.78, 5) is 11.5. The number of nitrogens with one attached hydrogen (secondary N) is 2. The van der Waals surface area contributed by atoms with Crippen LogP contribution in [0.15, 0.2) is 17.8 Å². The molecule has 0 spiro atoms. The number of rotatable bonds is 1. The van der Waals surface area contributed by atoms with Crippen LogP contribution in [0, 0.1) is 0 Å². The lowest BCUT2D eigenvalue weighted by Crippen LogP contribution is -2.21. The van der Waals surface area contributed by atoms with Gasteiger partial charge in [-0.05, 0) is 36.0 Å². The monoisotopic (exact) mass is 282 g/mol. The fourth-order valence-corrected chi connectivity index (χ4v) is 2.20. The van der Waals surface area contributed by atoms with Gasteiger partial charge in [-0.1, -0.05) is 11.6 Å². The fraction of sp³-hybridized carbons (Fsp3) is 0.0909. The van der Waals surface area contributed by atoms with Gasteiger partial charge in [-0.3, -0.25) is 10.1 Å². The maximum Gasteiger partial charge on any atom is 0.273 e. The van der Waals surface area contributed by atoms with E-state index in [0.29, 0.717) is 22.2 Å². The summed E-state index contributed by atoms with van der Waals surface area (Å²) in [5.74, 6) is 0.822. The van der Waals surface area contributed by atoms with Gasteiger partial charge in [-0.2, -0.15) is 0 Å². The molecule has 1 fully saturated rings. The van der Waals surface area contributed by atoms with Crippen molar-refractivity contribution in [1.29, 1.82) is 0 Å². The molecule has 2 heterocycles. The Hall–Kier alpha value is -1.79. The van der Waals surface area contributed by atoms with Gasteiger partial charge < -0.3 is 14.8 Å². The number of thiocarbonyl (C=S) groups is 1. The van der Waals surface area contributed by atoms with Gasteiger partial charge in [0.25, 0.3) is 5.91 Å². The summed E-state index contributed by atoms with van der Waals surface area (Å²) in [7, 11) is 0. The molecule has 2 aliphatic rings. The predicted molar refractivity (Wildman–Crippen MR) is 69.4 cm³/mol. The number of carbonyl (C=O) groups excluding carboxylic acids is 1. The van der Waals surface area contributed by atoms with Gasteiger partial charge in [-0.25, -0.2) is 0 Å². The highest BCUT2D eigenvalue weighted by Crippen LogP contribution is 2.40. The molecule has 1 aromatic rings. The molecule has 1 amide bonds. The van der Waals surface area contributed by atoms with Gasteiger partial charge in [0.1, 0.15) is 5.70 Å². The van der Waals surface area contributed by atoms with Gasteiger partial charge >= 0.3 is 0 Å². The highest BCUT2D eigenvalue weighted by atomic mass is 35.5. The number of hydrogen-bond donors (Lipinski definition) is 2. The Morgan fingerprint density at radius 2 is 2.17 bits per heavy atom. The summed E-state index contributed by atoms with van der Waals surface area (Å²) in [6.07, 6.45) is 1.64. The molecule has 18 heavy (non-hydrogen) atoms. The molecule has 0 saturated carbocycles. The second-order valence-corrected chi connectivity index (χ2v) is 4.52. The predicted octanol–water partition coefficient (Wildman–Crippen LogP) is 1.41. The van der Waals surface area contributed by atoms with E-state index in [1.54, 1.807) is 18.2 Å². The molecule has 0 atom stereocenters. The maximum atomic E-state index is 11.5. The molecule has 7 heteroatoms. The minimum Gasteiger partial charge on any atom is -0.454 e. The largest absolute Gasteiger partial charge is 0.454 e. The Morgan fingerprint density at radius 3 is 2.89 bits per heavy atom. The number of carbonyl (C=O) groups is 1. The van der Waals surface area contributed by atoms with Crippen LogP contribution in [-0.4, -0.2) is 17.8 Å². The van der Waals surface area contributed by atoms with Crippen molar-refractivity contribution in [1.82, 2.24) is 10.6 Å². The molecule has 2 aliphatic heterocycles. The van der Waals surface area contributed by atoms with Crippen molar-refractivity contribution < 1.29 is 14.3 Å². The summed E-state index contributed by atoms with van der Waals surface area (Å²) in [6, 6.07) is 3.44. The third-order valence-electron chi connectivity index (χ3n) is 2.48. The molecular formula is C11H7ClN2O3S. The van der Waals surface area contributed by atoms with Gasteiger partial charge in [0.05, 0.1) is 5.02 Å². The third kappa shape index (κ3) is 1.89. The molecule has 0 unspecified atom stereocenters. The minimum atomic E-state index is -0.270. The first-order chi connectivity index (χ1) is 8.63. The Morgan fingerprint density at radius 1 is 1.33 bits per heavy atom.